The largest absolute Gasteiger partial charge is 0.418 e. The lowest BCUT2D eigenvalue weighted by molar-refractivity contribution is -0.136. The van der Waals surface area contributed by atoms with E-state index < -0.39 is 17.6 Å². The van der Waals surface area contributed by atoms with Gasteiger partial charge in [-0.15, -0.1) is 0 Å². The summed E-state index contributed by atoms with van der Waals surface area (Å²) in [5, 5.41) is 8.75. The van der Waals surface area contributed by atoms with Gasteiger partial charge in [0, 0.05) is 10.6 Å². The van der Waals surface area contributed by atoms with E-state index in [1.165, 1.54) is 12.1 Å². The number of amides is 1. The van der Waals surface area contributed by atoms with Crippen LogP contribution in [0, 0.1) is 6.92 Å². The molecule has 2 N–H and O–H groups in total. The minimum Gasteiger partial charge on any atom is -0.320 e. The molecule has 0 aliphatic carbocycles. The summed E-state index contributed by atoms with van der Waals surface area (Å²) in [6, 6.07) is 12.1. The quantitative estimate of drug-likeness (QED) is 0.648. The molecule has 8 heteroatoms. The van der Waals surface area contributed by atoms with Gasteiger partial charge >= 0.3 is 6.18 Å². The van der Waals surface area contributed by atoms with Gasteiger partial charge in [-0.05, 0) is 31.2 Å². The summed E-state index contributed by atoms with van der Waals surface area (Å²) in [5.74, 6) is -0.733. The van der Waals surface area contributed by atoms with Crippen molar-refractivity contribution in [3.05, 3.63) is 70.4 Å². The Hall–Kier alpha value is -2.80. The highest BCUT2D eigenvalue weighted by molar-refractivity contribution is 6.30. The van der Waals surface area contributed by atoms with Crippen molar-refractivity contribution in [3.63, 3.8) is 0 Å². The fourth-order valence-corrected chi connectivity index (χ4v) is 2.53. The molecule has 0 atom stereocenters. The number of H-pyrrole nitrogens is 1. The van der Waals surface area contributed by atoms with Gasteiger partial charge in [-0.2, -0.15) is 18.3 Å². The van der Waals surface area contributed by atoms with Crippen LogP contribution >= 0.6 is 11.6 Å². The van der Waals surface area contributed by atoms with Crippen LogP contribution in [0.4, 0.5) is 18.9 Å². The molecule has 0 aliphatic rings. The van der Waals surface area contributed by atoms with Crippen molar-refractivity contribution in [2.24, 2.45) is 0 Å². The third-order valence-electron chi connectivity index (χ3n) is 3.71. The van der Waals surface area contributed by atoms with E-state index in [1.54, 1.807) is 0 Å². The van der Waals surface area contributed by atoms with Crippen molar-refractivity contribution in [3.8, 4) is 11.3 Å². The Morgan fingerprint density at radius 3 is 2.46 bits per heavy atom. The van der Waals surface area contributed by atoms with Gasteiger partial charge in [0.15, 0.2) is 0 Å². The summed E-state index contributed by atoms with van der Waals surface area (Å²) in [6.45, 7) is 1.94. The zero-order chi connectivity index (χ0) is 18.9. The Bertz CT molecular complexity index is 949. The predicted molar refractivity (Wildman–Crippen MR) is 93.2 cm³/mol. The third-order valence-corrected chi connectivity index (χ3v) is 3.94. The molecular formula is C18H13ClF3N3O. The van der Waals surface area contributed by atoms with Crippen molar-refractivity contribution in [1.82, 2.24) is 10.2 Å². The molecule has 1 aromatic heterocycles. The first kappa shape index (κ1) is 18.0. The van der Waals surface area contributed by atoms with Gasteiger partial charge in [-0.1, -0.05) is 41.4 Å². The molecule has 0 radical (unpaired) electrons. The molecule has 0 aliphatic heterocycles. The second-order valence-electron chi connectivity index (χ2n) is 5.67. The minimum atomic E-state index is -4.64. The fourth-order valence-electron chi connectivity index (χ4n) is 2.36. The highest BCUT2D eigenvalue weighted by atomic mass is 35.5. The number of anilines is 1. The van der Waals surface area contributed by atoms with Crippen LogP contribution in [0.15, 0.2) is 48.5 Å². The zero-order valence-electron chi connectivity index (χ0n) is 13.5. The molecule has 1 amide bonds. The normalized spacial score (nSPS) is 11.4. The first-order valence-corrected chi connectivity index (χ1v) is 7.92. The number of hydrogen-bond donors (Lipinski definition) is 2. The molecule has 26 heavy (non-hydrogen) atoms. The average Bonchev–Trinajstić information content (AvgIpc) is 3.06. The van der Waals surface area contributed by atoms with Crippen LogP contribution in [0.2, 0.25) is 5.02 Å². The van der Waals surface area contributed by atoms with E-state index in [9.17, 15) is 18.0 Å². The van der Waals surface area contributed by atoms with Crippen LogP contribution in [0.25, 0.3) is 11.3 Å². The van der Waals surface area contributed by atoms with Gasteiger partial charge in [0.05, 0.1) is 16.9 Å². The van der Waals surface area contributed by atoms with Crippen molar-refractivity contribution in [2.75, 3.05) is 5.32 Å². The van der Waals surface area contributed by atoms with E-state index in [-0.39, 0.29) is 16.4 Å². The molecule has 3 rings (SSSR count). The number of aromatic amines is 1. The average molecular weight is 380 g/mol. The van der Waals surface area contributed by atoms with Crippen LogP contribution in [0.1, 0.15) is 21.6 Å². The van der Waals surface area contributed by atoms with Crippen molar-refractivity contribution in [2.45, 2.75) is 13.1 Å². The van der Waals surface area contributed by atoms with Crippen molar-refractivity contribution in [1.29, 1.82) is 0 Å². The Morgan fingerprint density at radius 2 is 1.81 bits per heavy atom. The summed E-state index contributed by atoms with van der Waals surface area (Å²) in [4.78, 5) is 12.3. The van der Waals surface area contributed by atoms with Gasteiger partial charge in [-0.3, -0.25) is 9.89 Å². The number of carbonyl (C=O) groups excluding carboxylic acids is 1. The first-order chi connectivity index (χ1) is 12.2. The molecule has 0 saturated heterocycles. The zero-order valence-corrected chi connectivity index (χ0v) is 14.2. The number of aromatic nitrogens is 2. The van der Waals surface area contributed by atoms with Crippen LogP contribution in [-0.2, 0) is 6.18 Å². The molecule has 0 unspecified atom stereocenters. The summed E-state index contributed by atoms with van der Waals surface area (Å²) >= 11 is 5.63. The van der Waals surface area contributed by atoms with Gasteiger partial charge in [0.2, 0.25) is 0 Å². The SMILES string of the molecule is Cc1ccc(-c2cc(C(=O)Nc3ccc(Cl)cc3C(F)(F)F)[nH]n2)cc1. The second kappa shape index (κ2) is 6.84. The standard InChI is InChI=1S/C18H13ClF3N3O/c1-10-2-4-11(5-3-10)15-9-16(25-24-15)17(26)23-14-7-6-12(19)8-13(14)18(20,21)22/h2-9H,1H3,(H,23,26)(H,24,25). The number of benzene rings is 2. The second-order valence-corrected chi connectivity index (χ2v) is 6.11. The smallest absolute Gasteiger partial charge is 0.320 e. The highest BCUT2D eigenvalue weighted by Crippen LogP contribution is 2.36. The third kappa shape index (κ3) is 3.88. The van der Waals surface area contributed by atoms with Gasteiger partial charge in [0.1, 0.15) is 5.69 Å². The number of aryl methyl sites for hydroxylation is 1. The highest BCUT2D eigenvalue weighted by Gasteiger charge is 2.34. The maximum Gasteiger partial charge on any atom is 0.418 e. The van der Waals surface area contributed by atoms with Gasteiger partial charge < -0.3 is 5.32 Å². The molecule has 0 bridgehead atoms. The van der Waals surface area contributed by atoms with Crippen LogP contribution < -0.4 is 5.32 Å². The van der Waals surface area contributed by atoms with Gasteiger partial charge in [-0.25, -0.2) is 0 Å². The topological polar surface area (TPSA) is 57.8 Å². The Kier molecular flexibility index (Phi) is 4.73. The number of nitrogens with zero attached hydrogens (tertiary/aromatic N) is 1. The molecule has 0 saturated carbocycles. The first-order valence-electron chi connectivity index (χ1n) is 7.54. The Labute approximate surface area is 152 Å². The van der Waals surface area contributed by atoms with E-state index >= 15 is 0 Å². The van der Waals surface area contributed by atoms with Crippen LogP contribution in [0.3, 0.4) is 0 Å². The lowest BCUT2D eigenvalue weighted by atomic mass is 10.1. The number of carbonyl (C=O) groups is 1. The van der Waals surface area contributed by atoms with E-state index in [2.05, 4.69) is 15.5 Å². The maximum atomic E-state index is 13.1. The number of halogens is 4. The van der Waals surface area contributed by atoms with E-state index in [1.807, 2.05) is 31.2 Å². The van der Waals surface area contributed by atoms with Crippen molar-refractivity contribution >= 4 is 23.2 Å². The molecule has 0 fully saturated rings. The summed E-state index contributed by atoms with van der Waals surface area (Å²) in [5.41, 5.74) is 1.03. The number of hydrogen-bond acceptors (Lipinski definition) is 2. The number of alkyl halides is 3. The number of nitrogens with one attached hydrogen (secondary N) is 2. The predicted octanol–water partition coefficient (Wildman–Crippen LogP) is 5.31. The summed E-state index contributed by atoms with van der Waals surface area (Å²) in [6.07, 6.45) is -4.64. The molecule has 1 heterocycles. The van der Waals surface area contributed by atoms with Gasteiger partial charge in [0.25, 0.3) is 5.91 Å². The van der Waals surface area contributed by atoms with E-state index in [4.69, 9.17) is 11.6 Å². The van der Waals surface area contributed by atoms with E-state index in [0.717, 1.165) is 23.3 Å². The fraction of sp³-hybridized carbons (Fsp3) is 0.111. The monoisotopic (exact) mass is 379 g/mol. The molecular weight excluding hydrogens is 367 g/mol. The maximum absolute atomic E-state index is 13.1. The Balaban J connectivity index is 1.85. The summed E-state index contributed by atoms with van der Waals surface area (Å²) < 4.78 is 39.3. The van der Waals surface area contributed by atoms with Crippen molar-refractivity contribution < 1.29 is 18.0 Å². The molecule has 134 valence electrons. The van der Waals surface area contributed by atoms with Crippen LogP contribution in [0.5, 0.6) is 0 Å². The lowest BCUT2D eigenvalue weighted by Crippen LogP contribution is -2.17. The molecule has 4 nitrogen and oxygen atoms in total. The Morgan fingerprint density at radius 1 is 1.12 bits per heavy atom. The lowest BCUT2D eigenvalue weighted by Gasteiger charge is -2.13. The van der Waals surface area contributed by atoms with Crippen LogP contribution in [-0.4, -0.2) is 16.1 Å². The molecule has 2 aromatic carbocycles. The molecule has 3 aromatic rings. The molecule has 0 spiro atoms. The van der Waals surface area contributed by atoms with E-state index in [0.29, 0.717) is 5.69 Å². The minimum absolute atomic E-state index is 0.0450. The summed E-state index contributed by atoms with van der Waals surface area (Å²) in [7, 11) is 0. The number of rotatable bonds is 3.